The molecule has 0 bridgehead atoms. The smallest absolute Gasteiger partial charge is 0.244 e. The van der Waals surface area contributed by atoms with Crippen LogP contribution >= 0.6 is 11.6 Å². The first-order chi connectivity index (χ1) is 9.39. The summed E-state index contributed by atoms with van der Waals surface area (Å²) in [5, 5.41) is 0.481. The van der Waals surface area contributed by atoms with E-state index in [0.717, 1.165) is 24.8 Å². The van der Waals surface area contributed by atoms with Crippen LogP contribution in [0.25, 0.3) is 0 Å². The molecule has 20 heavy (non-hydrogen) atoms. The van der Waals surface area contributed by atoms with Gasteiger partial charge in [0.2, 0.25) is 0 Å². The minimum Gasteiger partial charge on any atom is -0.244 e. The molecule has 1 unspecified atom stereocenters. The van der Waals surface area contributed by atoms with Crippen LogP contribution in [0, 0.1) is 5.92 Å². The second-order valence-corrected chi connectivity index (χ2v) is 7.88. The molecule has 1 aliphatic rings. The van der Waals surface area contributed by atoms with Crippen LogP contribution < -0.4 is 0 Å². The third-order valence-electron chi connectivity index (χ3n) is 3.58. The molecule has 1 atom stereocenters. The Bertz CT molecular complexity index is 545. The van der Waals surface area contributed by atoms with Gasteiger partial charge in [-0.15, -0.1) is 0 Å². The van der Waals surface area contributed by atoms with E-state index in [1.807, 2.05) is 6.07 Å². The molecule has 1 fully saturated rings. The largest absolute Gasteiger partial charge is 0.281 e. The maximum absolute atomic E-state index is 12.2. The van der Waals surface area contributed by atoms with Gasteiger partial charge in [0.25, 0.3) is 10.2 Å². The molecular formula is C13H20ClN3O2S. The van der Waals surface area contributed by atoms with E-state index in [0.29, 0.717) is 24.2 Å². The molecule has 0 aliphatic carbocycles. The summed E-state index contributed by atoms with van der Waals surface area (Å²) in [6, 6.07) is 3.72. The number of halogens is 1. The molecule has 2 rings (SSSR count). The van der Waals surface area contributed by atoms with Crippen LogP contribution in [0.3, 0.4) is 0 Å². The van der Waals surface area contributed by atoms with Gasteiger partial charge in [0.15, 0.2) is 0 Å². The highest BCUT2D eigenvalue weighted by Gasteiger charge is 2.30. The van der Waals surface area contributed by atoms with Crippen LogP contribution in [0.5, 0.6) is 0 Å². The van der Waals surface area contributed by atoms with Crippen molar-refractivity contribution in [1.29, 1.82) is 0 Å². The average Bonchev–Trinajstić information content (AvgIpc) is 2.41. The highest BCUT2D eigenvalue weighted by molar-refractivity contribution is 7.86. The molecule has 1 aromatic heterocycles. The van der Waals surface area contributed by atoms with E-state index < -0.39 is 10.2 Å². The molecule has 0 amide bonds. The summed E-state index contributed by atoms with van der Waals surface area (Å²) in [7, 11) is -0.159. The van der Waals surface area contributed by atoms with Gasteiger partial charge >= 0.3 is 0 Å². The lowest BCUT2D eigenvalue weighted by atomic mass is 9.93. The van der Waals surface area contributed by atoms with Crippen LogP contribution in [-0.2, 0) is 16.6 Å². The normalized spacial score (nSPS) is 21.3. The Morgan fingerprint density at radius 3 is 2.80 bits per heavy atom. The first kappa shape index (κ1) is 15.7. The lowest BCUT2D eigenvalue weighted by Crippen LogP contribution is -2.45. The van der Waals surface area contributed by atoms with Crippen molar-refractivity contribution in [1.82, 2.24) is 13.6 Å². The van der Waals surface area contributed by atoms with Gasteiger partial charge < -0.3 is 0 Å². The quantitative estimate of drug-likeness (QED) is 0.796. The lowest BCUT2D eigenvalue weighted by molar-refractivity contribution is 0.254. The number of hydrogen-bond donors (Lipinski definition) is 0. The van der Waals surface area contributed by atoms with Crippen LogP contribution in [0.15, 0.2) is 18.3 Å². The number of nitrogens with zero attached hydrogens (tertiary/aromatic N) is 3. The lowest BCUT2D eigenvalue weighted by Gasteiger charge is -2.33. The van der Waals surface area contributed by atoms with Crippen molar-refractivity contribution in [2.45, 2.75) is 19.3 Å². The number of piperidine rings is 1. The fourth-order valence-electron chi connectivity index (χ4n) is 2.49. The van der Waals surface area contributed by atoms with Gasteiger partial charge in [-0.05, 0) is 36.8 Å². The maximum Gasteiger partial charge on any atom is 0.281 e. The van der Waals surface area contributed by atoms with Crippen molar-refractivity contribution < 1.29 is 8.42 Å². The van der Waals surface area contributed by atoms with Gasteiger partial charge in [-0.3, -0.25) is 0 Å². The summed E-state index contributed by atoms with van der Waals surface area (Å²) in [6.07, 6.45) is 4.55. The van der Waals surface area contributed by atoms with Crippen LogP contribution in [0.4, 0.5) is 0 Å². The predicted octanol–water partition coefficient (Wildman–Crippen LogP) is 1.80. The van der Waals surface area contributed by atoms with Crippen LogP contribution in [-0.4, -0.2) is 49.2 Å². The third kappa shape index (κ3) is 3.69. The van der Waals surface area contributed by atoms with Gasteiger partial charge in [0.1, 0.15) is 5.15 Å². The van der Waals surface area contributed by atoms with Gasteiger partial charge in [0, 0.05) is 33.4 Å². The molecule has 0 saturated carbocycles. The number of hydrogen-bond acceptors (Lipinski definition) is 3. The average molecular weight is 318 g/mol. The van der Waals surface area contributed by atoms with E-state index in [1.54, 1.807) is 30.7 Å². The Morgan fingerprint density at radius 1 is 1.45 bits per heavy atom. The van der Waals surface area contributed by atoms with Gasteiger partial charge in [-0.25, -0.2) is 4.98 Å². The fraction of sp³-hybridized carbons (Fsp3) is 0.615. The summed E-state index contributed by atoms with van der Waals surface area (Å²) < 4.78 is 27.2. The molecule has 0 radical (unpaired) electrons. The van der Waals surface area contributed by atoms with Gasteiger partial charge in [-0.1, -0.05) is 17.7 Å². The second-order valence-electron chi connectivity index (χ2n) is 5.35. The monoisotopic (exact) mass is 317 g/mol. The number of rotatable bonds is 4. The Hall–Kier alpha value is -0.690. The zero-order valence-corrected chi connectivity index (χ0v) is 13.4. The fourth-order valence-corrected chi connectivity index (χ4v) is 3.83. The van der Waals surface area contributed by atoms with Crippen molar-refractivity contribution in [2.75, 3.05) is 27.2 Å². The van der Waals surface area contributed by atoms with Crippen LogP contribution in [0.1, 0.15) is 18.4 Å². The number of aromatic nitrogens is 1. The van der Waals surface area contributed by atoms with E-state index in [2.05, 4.69) is 4.98 Å². The minimum atomic E-state index is -3.30. The van der Waals surface area contributed by atoms with Crippen LogP contribution in [0.2, 0.25) is 5.15 Å². The zero-order chi connectivity index (χ0) is 14.8. The molecule has 5 nitrogen and oxygen atoms in total. The van der Waals surface area contributed by atoms with Crippen molar-refractivity contribution in [3.8, 4) is 0 Å². The first-order valence-electron chi connectivity index (χ1n) is 6.67. The Labute approximate surface area is 125 Å². The number of pyridine rings is 1. The Morgan fingerprint density at radius 2 is 2.20 bits per heavy atom. The summed E-state index contributed by atoms with van der Waals surface area (Å²) in [6.45, 7) is 1.18. The summed E-state index contributed by atoms with van der Waals surface area (Å²) in [5.74, 6) is 0.335. The molecule has 1 saturated heterocycles. The summed E-state index contributed by atoms with van der Waals surface area (Å²) >= 11 is 5.77. The Kier molecular flexibility index (Phi) is 5.01. The topological polar surface area (TPSA) is 53.5 Å². The first-order valence-corrected chi connectivity index (χ1v) is 8.45. The highest BCUT2D eigenvalue weighted by atomic mass is 35.5. The zero-order valence-electron chi connectivity index (χ0n) is 11.8. The molecule has 1 aliphatic heterocycles. The molecule has 7 heteroatoms. The third-order valence-corrected chi connectivity index (χ3v) is 5.71. The van der Waals surface area contributed by atoms with Crippen molar-refractivity contribution in [3.05, 3.63) is 29.0 Å². The molecular weight excluding hydrogens is 298 g/mol. The van der Waals surface area contributed by atoms with E-state index in [9.17, 15) is 8.42 Å². The van der Waals surface area contributed by atoms with Crippen molar-refractivity contribution >= 4 is 21.8 Å². The summed E-state index contributed by atoms with van der Waals surface area (Å²) in [4.78, 5) is 4.07. The molecule has 0 aromatic carbocycles. The second kappa shape index (κ2) is 6.39. The predicted molar refractivity (Wildman–Crippen MR) is 79.9 cm³/mol. The highest BCUT2D eigenvalue weighted by Crippen LogP contribution is 2.23. The maximum atomic E-state index is 12.2. The summed E-state index contributed by atoms with van der Waals surface area (Å²) in [5.41, 5.74) is 1.10. The molecule has 0 spiro atoms. The van der Waals surface area contributed by atoms with Crippen molar-refractivity contribution in [3.63, 3.8) is 0 Å². The van der Waals surface area contributed by atoms with Gasteiger partial charge in [-0.2, -0.15) is 17.0 Å². The molecule has 112 valence electrons. The van der Waals surface area contributed by atoms with E-state index >= 15 is 0 Å². The minimum absolute atomic E-state index is 0.335. The van der Waals surface area contributed by atoms with E-state index in [-0.39, 0.29) is 0 Å². The molecule has 2 heterocycles. The SMILES string of the molecule is CN(C)S(=O)(=O)N1CCCC(Cc2ccc(Cl)nc2)C1. The molecule has 1 aromatic rings. The Balaban J connectivity index is 2.02. The van der Waals surface area contributed by atoms with Gasteiger partial charge in [0.05, 0.1) is 0 Å². The van der Waals surface area contributed by atoms with E-state index in [1.165, 1.54) is 4.31 Å². The standard InChI is InChI=1S/C13H20ClN3O2S/c1-16(2)20(18,19)17-7-3-4-12(10-17)8-11-5-6-13(14)15-9-11/h5-6,9,12H,3-4,7-8,10H2,1-2H3. The van der Waals surface area contributed by atoms with E-state index in [4.69, 9.17) is 11.6 Å². The van der Waals surface area contributed by atoms with Crippen molar-refractivity contribution in [2.24, 2.45) is 5.92 Å². The molecule has 0 N–H and O–H groups in total.